The van der Waals surface area contributed by atoms with Gasteiger partial charge in [0.25, 0.3) is 0 Å². The highest BCUT2D eigenvalue weighted by molar-refractivity contribution is 5.83. The predicted molar refractivity (Wildman–Crippen MR) is 115 cm³/mol. The molecule has 2 rings (SSSR count). The molecule has 0 saturated heterocycles. The van der Waals surface area contributed by atoms with Crippen LogP contribution in [0.3, 0.4) is 0 Å². The summed E-state index contributed by atoms with van der Waals surface area (Å²) >= 11 is 0. The molecule has 1 heteroatoms. The van der Waals surface area contributed by atoms with Crippen molar-refractivity contribution in [2.24, 2.45) is 0 Å². The second-order valence-corrected chi connectivity index (χ2v) is 7.83. The molecule has 0 N–H and O–H groups in total. The Hall–Kier alpha value is -1.37. The van der Waals surface area contributed by atoms with Gasteiger partial charge in [-0.3, -0.25) is 0 Å². The van der Waals surface area contributed by atoms with E-state index < -0.39 is 0 Å². The van der Waals surface area contributed by atoms with E-state index in [1.54, 1.807) is 5.69 Å². The van der Waals surface area contributed by atoms with Gasteiger partial charge in [-0.1, -0.05) is 89.8 Å². The minimum absolute atomic E-state index is 1.18. The maximum Gasteiger partial charge on any atom is 0.189 e. The molecule has 0 aliphatic carbocycles. The molecular formula is C25H40N+. The average molecular weight is 355 g/mol. The van der Waals surface area contributed by atoms with E-state index in [4.69, 9.17) is 0 Å². The Balaban J connectivity index is 1.94. The third kappa shape index (κ3) is 7.09. The number of aromatic nitrogens is 1. The van der Waals surface area contributed by atoms with Gasteiger partial charge in [-0.05, 0) is 24.3 Å². The van der Waals surface area contributed by atoms with Gasteiger partial charge in [0.05, 0.1) is 0 Å². The number of nitrogens with zero attached hydrogens (tertiary/aromatic N) is 1. The molecule has 0 fully saturated rings. The van der Waals surface area contributed by atoms with Gasteiger partial charge < -0.3 is 0 Å². The lowest BCUT2D eigenvalue weighted by atomic mass is 10.0. The van der Waals surface area contributed by atoms with E-state index in [0.717, 1.165) is 0 Å². The molecule has 0 unspecified atom stereocenters. The number of hydrogen-bond donors (Lipinski definition) is 0. The Kier molecular flexibility index (Phi) is 10.4. The van der Waals surface area contributed by atoms with Gasteiger partial charge in [0.15, 0.2) is 11.9 Å². The number of pyridine rings is 1. The fraction of sp³-hybridized carbons (Fsp3) is 0.640. The molecule has 0 spiro atoms. The molecule has 0 amide bonds. The Morgan fingerprint density at radius 3 is 2.00 bits per heavy atom. The van der Waals surface area contributed by atoms with Crippen molar-refractivity contribution in [3.8, 4) is 0 Å². The molecule has 26 heavy (non-hydrogen) atoms. The van der Waals surface area contributed by atoms with Crippen LogP contribution in [0.4, 0.5) is 0 Å². The predicted octanol–water partition coefficient (Wildman–Crippen LogP) is 7.39. The first-order valence-electron chi connectivity index (χ1n) is 11.3. The summed E-state index contributed by atoms with van der Waals surface area (Å²) in [6.07, 6.45) is 20.0. The highest BCUT2D eigenvalue weighted by Crippen LogP contribution is 2.18. The molecule has 1 aromatic carbocycles. The van der Waals surface area contributed by atoms with Crippen molar-refractivity contribution in [2.75, 3.05) is 0 Å². The Labute approximate surface area is 161 Å². The summed E-state index contributed by atoms with van der Waals surface area (Å²) in [5.74, 6) is 0. The zero-order chi connectivity index (χ0) is 18.5. The lowest BCUT2D eigenvalue weighted by Gasteiger charge is -2.08. The second kappa shape index (κ2) is 12.9. The normalized spacial score (nSPS) is 11.3. The quantitative estimate of drug-likeness (QED) is 0.246. The average Bonchev–Trinajstić information content (AvgIpc) is 2.68. The van der Waals surface area contributed by atoms with Crippen molar-refractivity contribution in [3.63, 3.8) is 0 Å². The van der Waals surface area contributed by atoms with Gasteiger partial charge in [-0.2, -0.15) is 0 Å². The Morgan fingerprint density at radius 1 is 0.654 bits per heavy atom. The number of unbranched alkanes of at least 4 members (excludes halogenated alkanes) is 10. The van der Waals surface area contributed by atoms with E-state index in [0.29, 0.717) is 0 Å². The molecule has 0 aliphatic rings. The summed E-state index contributed by atoms with van der Waals surface area (Å²) in [6, 6.07) is 11.2. The third-order valence-electron chi connectivity index (χ3n) is 5.57. The number of aryl methyl sites for hydroxylation is 2. The smallest absolute Gasteiger partial charge is 0.189 e. The zero-order valence-electron chi connectivity index (χ0n) is 17.3. The van der Waals surface area contributed by atoms with Crippen molar-refractivity contribution < 1.29 is 4.57 Å². The van der Waals surface area contributed by atoms with Crippen LogP contribution < -0.4 is 4.57 Å². The van der Waals surface area contributed by atoms with E-state index in [2.05, 4.69) is 54.9 Å². The molecule has 0 saturated carbocycles. The molecule has 0 atom stereocenters. The monoisotopic (exact) mass is 354 g/mol. The minimum atomic E-state index is 1.18. The number of rotatable bonds is 14. The molecule has 1 aromatic heterocycles. The number of benzene rings is 1. The molecular weight excluding hydrogens is 314 g/mol. The lowest BCUT2D eigenvalue weighted by Crippen LogP contribution is -2.38. The van der Waals surface area contributed by atoms with Crippen molar-refractivity contribution in [2.45, 2.75) is 104 Å². The molecule has 0 bridgehead atoms. The van der Waals surface area contributed by atoms with Crippen LogP contribution in [-0.2, 0) is 13.0 Å². The van der Waals surface area contributed by atoms with Gasteiger partial charge in [-0.25, -0.2) is 4.57 Å². The van der Waals surface area contributed by atoms with Crippen molar-refractivity contribution in [1.29, 1.82) is 0 Å². The van der Waals surface area contributed by atoms with Crippen LogP contribution in [0, 0.1) is 0 Å². The van der Waals surface area contributed by atoms with Gasteiger partial charge >= 0.3 is 0 Å². The summed E-state index contributed by atoms with van der Waals surface area (Å²) < 4.78 is 2.55. The van der Waals surface area contributed by atoms with Crippen LogP contribution in [0.5, 0.6) is 0 Å². The van der Waals surface area contributed by atoms with E-state index in [-0.39, 0.29) is 0 Å². The van der Waals surface area contributed by atoms with Crippen LogP contribution in [-0.4, -0.2) is 0 Å². The first-order chi connectivity index (χ1) is 12.9. The highest BCUT2D eigenvalue weighted by atomic mass is 15.0. The zero-order valence-corrected chi connectivity index (χ0v) is 17.3. The maximum atomic E-state index is 2.55. The van der Waals surface area contributed by atoms with Gasteiger partial charge in [0.2, 0.25) is 0 Å². The molecule has 144 valence electrons. The molecule has 0 radical (unpaired) electrons. The van der Waals surface area contributed by atoms with Crippen molar-refractivity contribution in [3.05, 3.63) is 42.2 Å². The van der Waals surface area contributed by atoms with Gasteiger partial charge in [-0.15, -0.1) is 0 Å². The first-order valence-corrected chi connectivity index (χ1v) is 11.3. The van der Waals surface area contributed by atoms with Crippen molar-refractivity contribution >= 4 is 10.8 Å². The maximum absolute atomic E-state index is 2.55. The molecule has 2 aromatic rings. The fourth-order valence-electron chi connectivity index (χ4n) is 3.94. The summed E-state index contributed by atoms with van der Waals surface area (Å²) in [6.45, 7) is 5.77. The van der Waals surface area contributed by atoms with Gasteiger partial charge in [0, 0.05) is 24.3 Å². The Bertz CT molecular complexity index is 617. The molecule has 1 heterocycles. The molecule has 1 nitrogen and oxygen atoms in total. The Morgan fingerprint density at radius 2 is 1.27 bits per heavy atom. The summed E-state index contributed by atoms with van der Waals surface area (Å²) in [5, 5.41) is 2.86. The number of hydrogen-bond acceptors (Lipinski definition) is 0. The van der Waals surface area contributed by atoms with E-state index in [9.17, 15) is 0 Å². The summed E-state index contributed by atoms with van der Waals surface area (Å²) in [5.41, 5.74) is 1.56. The second-order valence-electron chi connectivity index (χ2n) is 7.83. The van der Waals surface area contributed by atoms with Crippen LogP contribution in [0.1, 0.15) is 96.6 Å². The lowest BCUT2D eigenvalue weighted by molar-refractivity contribution is -0.703. The SMILES string of the molecule is CCCCCCCCc1c2ccccc2cc[n+]1CCCCCCCC. The molecule has 0 aliphatic heterocycles. The third-order valence-corrected chi connectivity index (χ3v) is 5.57. The van der Waals surface area contributed by atoms with E-state index in [1.165, 1.54) is 101 Å². The first kappa shape index (κ1) is 20.9. The summed E-state index contributed by atoms with van der Waals surface area (Å²) in [7, 11) is 0. The number of fused-ring (bicyclic) bond motifs is 1. The van der Waals surface area contributed by atoms with Crippen LogP contribution in [0.25, 0.3) is 10.8 Å². The van der Waals surface area contributed by atoms with Crippen LogP contribution in [0.2, 0.25) is 0 Å². The highest BCUT2D eigenvalue weighted by Gasteiger charge is 2.14. The standard InChI is InChI=1S/C25H40N/c1-3-5-7-9-11-13-19-25-24-18-15-14-17-23(24)20-22-26(25)21-16-12-10-8-6-4-2/h14-15,17-18,20,22H,3-13,16,19,21H2,1-2H3/q+1. The summed E-state index contributed by atoms with van der Waals surface area (Å²) in [4.78, 5) is 0. The van der Waals surface area contributed by atoms with Crippen LogP contribution in [0.15, 0.2) is 36.5 Å². The van der Waals surface area contributed by atoms with E-state index >= 15 is 0 Å². The van der Waals surface area contributed by atoms with Crippen LogP contribution >= 0.6 is 0 Å². The van der Waals surface area contributed by atoms with Gasteiger partial charge in [0.1, 0.15) is 6.54 Å². The largest absolute Gasteiger partial charge is 0.202 e. The fourth-order valence-corrected chi connectivity index (χ4v) is 3.94. The van der Waals surface area contributed by atoms with Crippen molar-refractivity contribution in [1.82, 2.24) is 0 Å². The van der Waals surface area contributed by atoms with E-state index in [1.807, 2.05) is 0 Å². The minimum Gasteiger partial charge on any atom is -0.202 e. The topological polar surface area (TPSA) is 3.88 Å².